The van der Waals surface area contributed by atoms with Gasteiger partial charge in [-0.2, -0.15) is 0 Å². The zero-order valence-electron chi connectivity index (χ0n) is 12.9. The maximum atomic E-state index is 12.1. The van der Waals surface area contributed by atoms with Gasteiger partial charge in [-0.1, -0.05) is 19.1 Å². The molecule has 2 aliphatic heterocycles. The normalized spacial score (nSPS) is 27.3. The van der Waals surface area contributed by atoms with E-state index in [4.69, 9.17) is 0 Å². The van der Waals surface area contributed by atoms with Crippen LogP contribution in [0.4, 0.5) is 0 Å². The number of amides is 1. The van der Waals surface area contributed by atoms with E-state index in [2.05, 4.69) is 27.3 Å². The van der Waals surface area contributed by atoms with Gasteiger partial charge in [0.1, 0.15) is 12.4 Å². The van der Waals surface area contributed by atoms with E-state index in [1.54, 1.807) is 18.2 Å². The number of carbonyl (C=O) groups is 1. The number of fused-ring (bicyclic) bond motifs is 1. The van der Waals surface area contributed by atoms with Crippen molar-refractivity contribution < 1.29 is 13.2 Å². The van der Waals surface area contributed by atoms with Crippen LogP contribution in [0.2, 0.25) is 0 Å². The predicted molar refractivity (Wildman–Crippen MR) is 86.7 cm³/mol. The highest BCUT2D eigenvalue weighted by Crippen LogP contribution is 2.22. The molecule has 3 N–H and O–H groups in total. The first-order valence-corrected chi connectivity index (χ1v) is 9.12. The molecule has 0 radical (unpaired) electrons. The predicted octanol–water partition coefficient (Wildman–Crippen LogP) is -0.161. The highest BCUT2D eigenvalue weighted by molar-refractivity contribution is 7.90. The second-order valence-corrected chi connectivity index (χ2v) is 7.56. The molecule has 1 saturated heterocycles. The number of aliphatic imine (C=N–C) groups is 1. The molecule has 7 nitrogen and oxygen atoms in total. The molecule has 0 bridgehead atoms. The molecule has 2 atom stereocenters. The van der Waals surface area contributed by atoms with Crippen molar-refractivity contribution in [2.24, 2.45) is 10.9 Å². The van der Waals surface area contributed by atoms with Crippen LogP contribution in [0, 0.1) is 5.92 Å². The standard InChI is InChI=1S/C15H20N4O3S/c1-10-6-7-16-8-12(10)18-14(20)9-17-15-11-4-2-3-5-13(11)23(21,22)19-15/h2-5,10,12,16H,6-9H2,1H3,(H,17,19)(H,18,20). The van der Waals surface area contributed by atoms with Gasteiger partial charge in [0.15, 0.2) is 0 Å². The average Bonchev–Trinajstić information content (AvgIpc) is 2.79. The Labute approximate surface area is 135 Å². The van der Waals surface area contributed by atoms with Crippen molar-refractivity contribution >= 4 is 21.8 Å². The summed E-state index contributed by atoms with van der Waals surface area (Å²) in [6.45, 7) is 3.72. The Morgan fingerprint density at radius 3 is 2.96 bits per heavy atom. The number of sulfonamides is 1. The number of rotatable bonds is 3. The molecule has 23 heavy (non-hydrogen) atoms. The van der Waals surface area contributed by atoms with Crippen molar-refractivity contribution in [2.75, 3.05) is 19.6 Å². The number of nitrogens with zero attached hydrogens (tertiary/aromatic N) is 1. The summed E-state index contributed by atoms with van der Waals surface area (Å²) in [5, 5.41) is 6.20. The van der Waals surface area contributed by atoms with E-state index >= 15 is 0 Å². The minimum Gasteiger partial charge on any atom is -0.350 e. The van der Waals surface area contributed by atoms with E-state index < -0.39 is 10.0 Å². The zero-order valence-corrected chi connectivity index (χ0v) is 13.7. The van der Waals surface area contributed by atoms with E-state index in [9.17, 15) is 13.2 Å². The van der Waals surface area contributed by atoms with Gasteiger partial charge < -0.3 is 10.6 Å². The highest BCUT2D eigenvalue weighted by atomic mass is 32.2. The third kappa shape index (κ3) is 3.37. The van der Waals surface area contributed by atoms with Crippen molar-refractivity contribution in [3.63, 3.8) is 0 Å². The van der Waals surface area contributed by atoms with Crippen molar-refractivity contribution in [3.8, 4) is 0 Å². The van der Waals surface area contributed by atoms with Crippen LogP contribution in [-0.4, -0.2) is 45.8 Å². The lowest BCUT2D eigenvalue weighted by Crippen LogP contribution is -2.50. The van der Waals surface area contributed by atoms with Gasteiger partial charge in [-0.15, -0.1) is 0 Å². The van der Waals surface area contributed by atoms with E-state index in [1.165, 1.54) is 6.07 Å². The molecule has 0 spiro atoms. The molecule has 1 fully saturated rings. The van der Waals surface area contributed by atoms with Crippen LogP contribution in [-0.2, 0) is 14.8 Å². The van der Waals surface area contributed by atoms with Gasteiger partial charge in [-0.3, -0.25) is 14.5 Å². The lowest BCUT2D eigenvalue weighted by molar-refractivity contribution is -0.120. The SMILES string of the molecule is CC1CCNCC1NC(=O)CN=C1NS(=O)(=O)c2ccccc21. The molecule has 0 aliphatic carbocycles. The van der Waals surface area contributed by atoms with Crippen molar-refractivity contribution in [2.45, 2.75) is 24.3 Å². The van der Waals surface area contributed by atoms with Gasteiger partial charge >= 0.3 is 0 Å². The van der Waals surface area contributed by atoms with Crippen LogP contribution in [0.3, 0.4) is 0 Å². The first-order chi connectivity index (χ1) is 11.0. The van der Waals surface area contributed by atoms with E-state index in [0.717, 1.165) is 19.5 Å². The van der Waals surface area contributed by atoms with Crippen molar-refractivity contribution in [1.82, 2.24) is 15.4 Å². The molecule has 124 valence electrons. The summed E-state index contributed by atoms with van der Waals surface area (Å²) in [5.41, 5.74) is 0.507. The second-order valence-electron chi connectivity index (χ2n) is 5.91. The van der Waals surface area contributed by atoms with Gasteiger partial charge in [0, 0.05) is 18.2 Å². The van der Waals surface area contributed by atoms with E-state index in [0.29, 0.717) is 11.5 Å². The fourth-order valence-corrected chi connectivity index (χ4v) is 4.09. The molecule has 8 heteroatoms. The largest absolute Gasteiger partial charge is 0.350 e. The quantitative estimate of drug-likeness (QED) is 0.714. The summed E-state index contributed by atoms with van der Waals surface area (Å²) in [7, 11) is -3.56. The van der Waals surface area contributed by atoms with Crippen LogP contribution >= 0.6 is 0 Å². The van der Waals surface area contributed by atoms with Crippen LogP contribution in [0.5, 0.6) is 0 Å². The Bertz CT molecular complexity index is 745. The molecular weight excluding hydrogens is 316 g/mol. The number of benzene rings is 1. The molecule has 2 heterocycles. The molecule has 1 amide bonds. The Kier molecular flexibility index (Phi) is 4.36. The first kappa shape index (κ1) is 15.9. The minimum atomic E-state index is -3.56. The van der Waals surface area contributed by atoms with Crippen LogP contribution in [0.15, 0.2) is 34.2 Å². The fourth-order valence-electron chi connectivity index (χ4n) is 2.84. The van der Waals surface area contributed by atoms with Crippen LogP contribution in [0.25, 0.3) is 0 Å². The van der Waals surface area contributed by atoms with E-state index in [1.807, 2.05) is 0 Å². The average molecular weight is 336 g/mol. The molecule has 0 aromatic heterocycles. The number of carbonyl (C=O) groups excluding carboxylic acids is 1. The molecule has 3 rings (SSSR count). The van der Waals surface area contributed by atoms with Crippen LogP contribution < -0.4 is 15.4 Å². The number of hydrogen-bond acceptors (Lipinski definition) is 5. The van der Waals surface area contributed by atoms with Gasteiger partial charge in [0.25, 0.3) is 10.0 Å². The molecule has 0 saturated carbocycles. The fraction of sp³-hybridized carbons (Fsp3) is 0.467. The molecule has 1 aromatic carbocycles. The third-order valence-corrected chi connectivity index (χ3v) is 5.61. The summed E-state index contributed by atoms with van der Waals surface area (Å²) in [6, 6.07) is 6.69. The monoisotopic (exact) mass is 336 g/mol. The Balaban J connectivity index is 1.68. The molecular formula is C15H20N4O3S. The first-order valence-electron chi connectivity index (χ1n) is 7.64. The molecule has 2 aliphatic rings. The lowest BCUT2D eigenvalue weighted by atomic mass is 9.95. The van der Waals surface area contributed by atoms with E-state index in [-0.39, 0.29) is 29.2 Å². The van der Waals surface area contributed by atoms with Gasteiger partial charge in [-0.05, 0) is 31.0 Å². The Morgan fingerprint density at radius 1 is 1.39 bits per heavy atom. The third-order valence-electron chi connectivity index (χ3n) is 4.22. The maximum absolute atomic E-state index is 12.1. The van der Waals surface area contributed by atoms with Crippen molar-refractivity contribution in [3.05, 3.63) is 29.8 Å². The smallest absolute Gasteiger partial charge is 0.263 e. The maximum Gasteiger partial charge on any atom is 0.263 e. The van der Waals surface area contributed by atoms with Crippen LogP contribution in [0.1, 0.15) is 18.9 Å². The Hall–Kier alpha value is -1.93. The van der Waals surface area contributed by atoms with Gasteiger partial charge in [0.05, 0.1) is 4.90 Å². The Morgan fingerprint density at radius 2 is 2.17 bits per heavy atom. The molecule has 1 aromatic rings. The zero-order chi connectivity index (χ0) is 16.4. The summed E-state index contributed by atoms with van der Waals surface area (Å²) in [6.07, 6.45) is 1.02. The number of amidine groups is 1. The minimum absolute atomic E-state index is 0.0870. The summed E-state index contributed by atoms with van der Waals surface area (Å²) >= 11 is 0. The number of hydrogen-bond donors (Lipinski definition) is 3. The highest BCUT2D eigenvalue weighted by Gasteiger charge is 2.30. The second kappa shape index (κ2) is 6.29. The summed E-state index contributed by atoms with van der Waals surface area (Å²) in [5.74, 6) is 0.436. The lowest BCUT2D eigenvalue weighted by Gasteiger charge is -2.30. The summed E-state index contributed by atoms with van der Waals surface area (Å²) in [4.78, 5) is 16.4. The van der Waals surface area contributed by atoms with Gasteiger partial charge in [0.2, 0.25) is 5.91 Å². The molecule has 2 unspecified atom stereocenters. The number of nitrogens with one attached hydrogen (secondary N) is 3. The number of piperidine rings is 1. The topological polar surface area (TPSA) is 99.7 Å². The summed E-state index contributed by atoms with van der Waals surface area (Å²) < 4.78 is 26.3. The van der Waals surface area contributed by atoms with Gasteiger partial charge in [-0.25, -0.2) is 8.42 Å². The van der Waals surface area contributed by atoms with Crippen molar-refractivity contribution in [1.29, 1.82) is 0 Å².